The summed E-state index contributed by atoms with van der Waals surface area (Å²) in [6, 6.07) is 6.19. The van der Waals surface area contributed by atoms with E-state index < -0.39 is 10.8 Å². The maximum atomic E-state index is 12.1. The lowest BCUT2D eigenvalue weighted by atomic mass is 10.2. The van der Waals surface area contributed by atoms with Crippen molar-refractivity contribution >= 4 is 34.5 Å². The minimum Gasteiger partial charge on any atom is -0.347 e. The molecule has 0 spiro atoms. The SMILES string of the molecule is Cc1cc(CNC(=O)c2cccc([N+](=O)[O-])c2Cl)sc1C. The molecule has 0 aliphatic heterocycles. The highest BCUT2D eigenvalue weighted by Crippen LogP contribution is 2.27. The zero-order valence-corrected chi connectivity index (χ0v) is 13.0. The summed E-state index contributed by atoms with van der Waals surface area (Å²) >= 11 is 7.52. The van der Waals surface area contributed by atoms with Gasteiger partial charge in [-0.25, -0.2) is 0 Å². The van der Waals surface area contributed by atoms with Gasteiger partial charge in [-0.2, -0.15) is 0 Å². The standard InChI is InChI=1S/C14H13ClN2O3S/c1-8-6-10(21-9(8)2)7-16-14(18)11-4-3-5-12(13(11)15)17(19)20/h3-6H,7H2,1-2H3,(H,16,18). The Hall–Kier alpha value is -1.92. The van der Waals surface area contributed by atoms with Crippen LogP contribution in [0.25, 0.3) is 0 Å². The Morgan fingerprint density at radius 3 is 2.71 bits per heavy atom. The number of nitrogens with zero attached hydrogens (tertiary/aromatic N) is 1. The Bertz CT molecular complexity index is 693. The lowest BCUT2D eigenvalue weighted by molar-refractivity contribution is -0.384. The van der Waals surface area contributed by atoms with E-state index in [1.807, 2.05) is 19.9 Å². The Kier molecular flexibility index (Phi) is 4.59. The van der Waals surface area contributed by atoms with Crippen LogP contribution in [-0.4, -0.2) is 10.8 Å². The number of hydrogen-bond donors (Lipinski definition) is 1. The molecule has 0 saturated carbocycles. The van der Waals surface area contributed by atoms with Gasteiger partial charge in [-0.1, -0.05) is 17.7 Å². The van der Waals surface area contributed by atoms with E-state index in [0.29, 0.717) is 6.54 Å². The first-order valence-corrected chi connectivity index (χ1v) is 7.36. The second kappa shape index (κ2) is 6.24. The summed E-state index contributed by atoms with van der Waals surface area (Å²) in [4.78, 5) is 24.5. The van der Waals surface area contributed by atoms with Crippen molar-refractivity contribution in [2.24, 2.45) is 0 Å². The van der Waals surface area contributed by atoms with Crippen LogP contribution in [0.4, 0.5) is 5.69 Å². The summed E-state index contributed by atoms with van der Waals surface area (Å²) < 4.78 is 0. The molecule has 0 radical (unpaired) electrons. The molecule has 0 fully saturated rings. The largest absolute Gasteiger partial charge is 0.347 e. The van der Waals surface area contributed by atoms with Gasteiger partial charge in [0, 0.05) is 15.8 Å². The molecule has 2 rings (SSSR count). The lowest BCUT2D eigenvalue weighted by Gasteiger charge is -2.05. The van der Waals surface area contributed by atoms with Crippen molar-refractivity contribution in [3.8, 4) is 0 Å². The summed E-state index contributed by atoms with van der Waals surface area (Å²) in [5.74, 6) is -0.424. The third-order valence-electron chi connectivity index (χ3n) is 3.06. The second-order valence-electron chi connectivity index (χ2n) is 4.53. The van der Waals surface area contributed by atoms with Gasteiger partial charge in [0.25, 0.3) is 11.6 Å². The van der Waals surface area contributed by atoms with Crippen molar-refractivity contribution in [1.29, 1.82) is 0 Å². The summed E-state index contributed by atoms with van der Waals surface area (Å²) in [7, 11) is 0. The highest BCUT2D eigenvalue weighted by molar-refractivity contribution is 7.12. The number of nitrogens with one attached hydrogen (secondary N) is 1. The lowest BCUT2D eigenvalue weighted by Crippen LogP contribution is -2.22. The van der Waals surface area contributed by atoms with E-state index in [0.717, 1.165) is 4.88 Å². The molecule has 0 saturated heterocycles. The number of aryl methyl sites for hydroxylation is 2. The van der Waals surface area contributed by atoms with Crippen LogP contribution < -0.4 is 5.32 Å². The van der Waals surface area contributed by atoms with Gasteiger partial charge in [0.1, 0.15) is 5.02 Å². The van der Waals surface area contributed by atoms with Gasteiger partial charge in [0.15, 0.2) is 0 Å². The fraction of sp³-hybridized carbons (Fsp3) is 0.214. The number of carbonyl (C=O) groups is 1. The highest BCUT2D eigenvalue weighted by atomic mass is 35.5. The molecule has 0 aliphatic carbocycles. The maximum absolute atomic E-state index is 12.1. The van der Waals surface area contributed by atoms with Crippen LogP contribution in [-0.2, 0) is 6.54 Å². The second-order valence-corrected chi connectivity index (χ2v) is 6.25. The molecule has 7 heteroatoms. The number of amides is 1. The van der Waals surface area contributed by atoms with Gasteiger partial charge < -0.3 is 5.32 Å². The number of carbonyl (C=O) groups excluding carboxylic acids is 1. The average molecular weight is 325 g/mol. The predicted molar refractivity (Wildman–Crippen MR) is 83.1 cm³/mol. The van der Waals surface area contributed by atoms with Crippen molar-refractivity contribution < 1.29 is 9.72 Å². The molecule has 0 unspecified atom stereocenters. The quantitative estimate of drug-likeness (QED) is 0.685. The first kappa shape index (κ1) is 15.5. The Labute approximate surface area is 130 Å². The number of halogens is 1. The molecule has 110 valence electrons. The highest BCUT2D eigenvalue weighted by Gasteiger charge is 2.19. The number of rotatable bonds is 4. The monoisotopic (exact) mass is 324 g/mol. The normalized spacial score (nSPS) is 10.4. The number of thiophene rings is 1. The van der Waals surface area contributed by atoms with E-state index >= 15 is 0 Å². The van der Waals surface area contributed by atoms with Gasteiger partial charge in [-0.05, 0) is 31.5 Å². The third-order valence-corrected chi connectivity index (χ3v) is 4.61. The maximum Gasteiger partial charge on any atom is 0.288 e. The van der Waals surface area contributed by atoms with Gasteiger partial charge in [0.2, 0.25) is 0 Å². The van der Waals surface area contributed by atoms with E-state index in [1.165, 1.54) is 28.6 Å². The third kappa shape index (κ3) is 3.40. The summed E-state index contributed by atoms with van der Waals surface area (Å²) in [5.41, 5.74) is 1.01. The Balaban J connectivity index is 2.14. The Morgan fingerprint density at radius 2 is 2.14 bits per heavy atom. The molecule has 1 N–H and O–H groups in total. The van der Waals surface area contributed by atoms with Crippen molar-refractivity contribution in [3.63, 3.8) is 0 Å². The summed E-state index contributed by atoms with van der Waals surface area (Å²) in [6.07, 6.45) is 0. The van der Waals surface area contributed by atoms with E-state index in [4.69, 9.17) is 11.6 Å². The number of nitro benzene ring substituents is 1. The van der Waals surface area contributed by atoms with Crippen LogP contribution >= 0.6 is 22.9 Å². The van der Waals surface area contributed by atoms with E-state index in [1.54, 1.807) is 11.3 Å². The van der Waals surface area contributed by atoms with E-state index in [9.17, 15) is 14.9 Å². The number of hydrogen-bond acceptors (Lipinski definition) is 4. The summed E-state index contributed by atoms with van der Waals surface area (Å²) in [5, 5.41) is 13.4. The van der Waals surface area contributed by atoms with E-state index in [-0.39, 0.29) is 16.3 Å². The molecule has 1 amide bonds. The molecule has 1 aromatic carbocycles. The zero-order valence-electron chi connectivity index (χ0n) is 11.5. The van der Waals surface area contributed by atoms with Crippen LogP contribution in [0.3, 0.4) is 0 Å². The molecule has 21 heavy (non-hydrogen) atoms. The van der Waals surface area contributed by atoms with Crippen molar-refractivity contribution in [3.05, 3.63) is 60.3 Å². The minimum absolute atomic E-state index is 0.107. The van der Waals surface area contributed by atoms with Crippen LogP contribution in [0.15, 0.2) is 24.3 Å². The molecule has 2 aromatic rings. The number of benzene rings is 1. The Morgan fingerprint density at radius 1 is 1.43 bits per heavy atom. The van der Waals surface area contributed by atoms with Crippen LogP contribution in [0.1, 0.15) is 25.7 Å². The molecule has 1 aromatic heterocycles. The molecule has 0 bridgehead atoms. The predicted octanol–water partition coefficient (Wildman–Crippen LogP) is 3.86. The zero-order chi connectivity index (χ0) is 15.6. The average Bonchev–Trinajstić information content (AvgIpc) is 2.75. The van der Waals surface area contributed by atoms with Gasteiger partial charge in [0.05, 0.1) is 17.0 Å². The van der Waals surface area contributed by atoms with Gasteiger partial charge in [-0.3, -0.25) is 14.9 Å². The van der Waals surface area contributed by atoms with Gasteiger partial charge in [-0.15, -0.1) is 11.3 Å². The molecule has 5 nitrogen and oxygen atoms in total. The fourth-order valence-corrected chi connectivity index (χ4v) is 3.11. The minimum atomic E-state index is -0.606. The molecule has 0 atom stereocenters. The van der Waals surface area contributed by atoms with Crippen molar-refractivity contribution in [2.45, 2.75) is 20.4 Å². The topological polar surface area (TPSA) is 72.2 Å². The van der Waals surface area contributed by atoms with E-state index in [2.05, 4.69) is 5.32 Å². The van der Waals surface area contributed by atoms with Crippen LogP contribution in [0.5, 0.6) is 0 Å². The fourth-order valence-electron chi connectivity index (χ4n) is 1.84. The van der Waals surface area contributed by atoms with Crippen LogP contribution in [0, 0.1) is 24.0 Å². The molecule has 0 aliphatic rings. The molecular weight excluding hydrogens is 312 g/mol. The van der Waals surface area contributed by atoms with Crippen LogP contribution in [0.2, 0.25) is 5.02 Å². The molecular formula is C14H13ClN2O3S. The smallest absolute Gasteiger partial charge is 0.288 e. The first-order valence-electron chi connectivity index (χ1n) is 6.17. The summed E-state index contributed by atoms with van der Waals surface area (Å²) in [6.45, 7) is 4.40. The van der Waals surface area contributed by atoms with Crippen molar-refractivity contribution in [1.82, 2.24) is 5.32 Å². The van der Waals surface area contributed by atoms with Gasteiger partial charge >= 0.3 is 0 Å². The number of nitro groups is 1. The van der Waals surface area contributed by atoms with Crippen molar-refractivity contribution in [2.75, 3.05) is 0 Å². The molecule has 1 heterocycles. The first-order chi connectivity index (χ1) is 9.90.